The van der Waals surface area contributed by atoms with E-state index >= 15 is 0 Å². The Balaban J connectivity index is 1.49. The number of fused-ring (bicyclic) bond motifs is 6. The van der Waals surface area contributed by atoms with Crippen molar-refractivity contribution in [1.29, 1.82) is 0 Å². The molecule has 0 atom stereocenters. The maximum Gasteiger partial charge on any atom is 0.137 e. The first kappa shape index (κ1) is 16.6. The molecule has 0 aliphatic carbocycles. The summed E-state index contributed by atoms with van der Waals surface area (Å²) in [5.74, 6) is 0. The molecule has 0 bridgehead atoms. The summed E-state index contributed by atoms with van der Waals surface area (Å²) in [6, 6.07) is 30.2. The minimum atomic E-state index is -1.67. The fraction of sp³-hybridized carbons (Fsp3) is 0.0769. The lowest BCUT2D eigenvalue weighted by Gasteiger charge is -2.19. The van der Waals surface area contributed by atoms with Gasteiger partial charge in [-0.15, -0.1) is 0 Å². The van der Waals surface area contributed by atoms with Crippen LogP contribution in [-0.2, 0) is 0 Å². The van der Waals surface area contributed by atoms with Gasteiger partial charge < -0.3 is 9.73 Å². The van der Waals surface area contributed by atoms with Crippen molar-refractivity contribution in [2.75, 3.05) is 5.32 Å². The predicted molar refractivity (Wildman–Crippen MR) is 126 cm³/mol. The Labute approximate surface area is 170 Å². The van der Waals surface area contributed by atoms with E-state index in [1.165, 1.54) is 21.5 Å². The zero-order chi connectivity index (χ0) is 19.6. The third kappa shape index (κ3) is 2.34. The molecule has 0 spiro atoms. The third-order valence-corrected chi connectivity index (χ3v) is 9.81. The van der Waals surface area contributed by atoms with Gasteiger partial charge in [0.1, 0.15) is 19.2 Å². The molecule has 0 unspecified atom stereocenters. The fourth-order valence-electron chi connectivity index (χ4n) is 4.82. The molecule has 1 aliphatic rings. The lowest BCUT2D eigenvalue weighted by Crippen LogP contribution is -2.49. The Morgan fingerprint density at radius 2 is 1.45 bits per heavy atom. The molecule has 5 aromatic rings. The average molecular weight is 392 g/mol. The van der Waals surface area contributed by atoms with E-state index in [1.807, 2.05) is 18.2 Å². The SMILES string of the molecule is C[Si]1(C)c2ccccc2-c2ccc(Nc3cccc4oc5ccccc5c34)cc21. The van der Waals surface area contributed by atoms with Crippen molar-refractivity contribution >= 4 is 51.8 Å². The van der Waals surface area contributed by atoms with Gasteiger partial charge in [-0.25, -0.2) is 0 Å². The number of hydrogen-bond donors (Lipinski definition) is 1. The van der Waals surface area contributed by atoms with Crippen LogP contribution in [0.4, 0.5) is 11.4 Å². The van der Waals surface area contributed by atoms with Crippen molar-refractivity contribution in [3.63, 3.8) is 0 Å². The van der Waals surface area contributed by atoms with Gasteiger partial charge in [-0.1, -0.05) is 67.7 Å². The second-order valence-corrected chi connectivity index (χ2v) is 12.7. The van der Waals surface area contributed by atoms with Crippen LogP contribution in [0.15, 0.2) is 89.3 Å². The van der Waals surface area contributed by atoms with Gasteiger partial charge in [0.15, 0.2) is 0 Å². The van der Waals surface area contributed by atoms with Gasteiger partial charge in [-0.05, 0) is 51.8 Å². The van der Waals surface area contributed by atoms with Crippen LogP contribution in [0.2, 0.25) is 13.1 Å². The van der Waals surface area contributed by atoms with Crippen molar-refractivity contribution in [1.82, 2.24) is 0 Å². The molecule has 3 heteroatoms. The first-order valence-electron chi connectivity index (χ1n) is 10.0. The number of anilines is 2. The Morgan fingerprint density at radius 1 is 0.690 bits per heavy atom. The lowest BCUT2D eigenvalue weighted by atomic mass is 10.1. The summed E-state index contributed by atoms with van der Waals surface area (Å²) in [4.78, 5) is 0. The van der Waals surface area contributed by atoms with E-state index in [2.05, 4.69) is 85.1 Å². The molecule has 1 aromatic heterocycles. The number of para-hydroxylation sites is 1. The normalized spacial score (nSPS) is 14.1. The summed E-state index contributed by atoms with van der Waals surface area (Å²) in [7, 11) is -1.67. The van der Waals surface area contributed by atoms with Crippen LogP contribution >= 0.6 is 0 Å². The number of nitrogens with one attached hydrogen (secondary N) is 1. The van der Waals surface area contributed by atoms with Gasteiger partial charge in [0, 0.05) is 11.1 Å². The van der Waals surface area contributed by atoms with Crippen LogP contribution in [0.5, 0.6) is 0 Å². The minimum absolute atomic E-state index is 0.916. The number of rotatable bonds is 2. The monoisotopic (exact) mass is 391 g/mol. The molecule has 0 radical (unpaired) electrons. The molecule has 0 fully saturated rings. The summed E-state index contributed by atoms with van der Waals surface area (Å²) in [6.07, 6.45) is 0. The van der Waals surface area contributed by atoms with Crippen LogP contribution in [-0.4, -0.2) is 8.07 Å². The van der Waals surface area contributed by atoms with E-state index in [1.54, 1.807) is 0 Å². The predicted octanol–water partition coefficient (Wildman–Crippen LogP) is 6.13. The molecule has 2 heterocycles. The van der Waals surface area contributed by atoms with Crippen molar-refractivity contribution in [3.05, 3.63) is 84.9 Å². The summed E-state index contributed by atoms with van der Waals surface area (Å²) in [5.41, 5.74) is 6.87. The molecule has 0 amide bonds. The van der Waals surface area contributed by atoms with Crippen molar-refractivity contribution < 1.29 is 4.42 Å². The van der Waals surface area contributed by atoms with Gasteiger partial charge in [0.25, 0.3) is 0 Å². The van der Waals surface area contributed by atoms with Crippen LogP contribution in [0.25, 0.3) is 33.1 Å². The van der Waals surface area contributed by atoms with E-state index in [0.29, 0.717) is 0 Å². The molecular weight excluding hydrogens is 370 g/mol. The molecule has 0 saturated heterocycles. The van der Waals surface area contributed by atoms with Crippen molar-refractivity contribution in [3.8, 4) is 11.1 Å². The average Bonchev–Trinajstić information content (AvgIpc) is 3.23. The summed E-state index contributed by atoms with van der Waals surface area (Å²) in [5, 5.41) is 9.02. The fourth-order valence-corrected chi connectivity index (χ4v) is 7.92. The zero-order valence-corrected chi connectivity index (χ0v) is 17.5. The molecule has 0 saturated carbocycles. The minimum Gasteiger partial charge on any atom is -0.456 e. The van der Waals surface area contributed by atoms with Crippen LogP contribution in [0.1, 0.15) is 0 Å². The molecule has 1 N–H and O–H groups in total. The quantitative estimate of drug-likeness (QED) is 0.366. The smallest absolute Gasteiger partial charge is 0.137 e. The molecule has 6 rings (SSSR count). The van der Waals surface area contributed by atoms with E-state index < -0.39 is 8.07 Å². The first-order chi connectivity index (χ1) is 14.1. The Kier molecular flexibility index (Phi) is 3.35. The third-order valence-electron chi connectivity index (χ3n) is 6.27. The summed E-state index contributed by atoms with van der Waals surface area (Å²) >= 11 is 0. The van der Waals surface area contributed by atoms with E-state index in [0.717, 1.165) is 33.3 Å². The summed E-state index contributed by atoms with van der Waals surface area (Å²) in [6.45, 7) is 4.90. The van der Waals surface area contributed by atoms with Gasteiger partial charge >= 0.3 is 0 Å². The van der Waals surface area contributed by atoms with E-state index in [-0.39, 0.29) is 0 Å². The second kappa shape index (κ2) is 5.85. The highest BCUT2D eigenvalue weighted by atomic mass is 28.3. The standard InChI is InChI=1S/C26H21NOSi/c1-29(2)24-13-6-4-8-18(24)19-15-14-17(16-25(19)29)27-21-10-7-12-23-26(21)20-9-3-5-11-22(20)28-23/h3-16,27H,1-2H3. The number of hydrogen-bond acceptors (Lipinski definition) is 2. The Morgan fingerprint density at radius 3 is 2.38 bits per heavy atom. The molecule has 140 valence electrons. The lowest BCUT2D eigenvalue weighted by molar-refractivity contribution is 0.669. The molecule has 29 heavy (non-hydrogen) atoms. The van der Waals surface area contributed by atoms with E-state index in [4.69, 9.17) is 4.42 Å². The number of benzene rings is 4. The van der Waals surface area contributed by atoms with Crippen LogP contribution in [0.3, 0.4) is 0 Å². The topological polar surface area (TPSA) is 25.2 Å². The molecule has 4 aromatic carbocycles. The van der Waals surface area contributed by atoms with Gasteiger partial charge in [-0.2, -0.15) is 0 Å². The second-order valence-electron chi connectivity index (χ2n) is 8.33. The summed E-state index contributed by atoms with van der Waals surface area (Å²) < 4.78 is 6.05. The van der Waals surface area contributed by atoms with Crippen molar-refractivity contribution in [2.45, 2.75) is 13.1 Å². The van der Waals surface area contributed by atoms with Crippen LogP contribution in [0, 0.1) is 0 Å². The highest BCUT2D eigenvalue weighted by Crippen LogP contribution is 2.36. The van der Waals surface area contributed by atoms with Gasteiger partial charge in [0.05, 0.1) is 11.1 Å². The maximum atomic E-state index is 6.05. The first-order valence-corrected chi connectivity index (χ1v) is 13.0. The zero-order valence-electron chi connectivity index (χ0n) is 16.5. The van der Waals surface area contributed by atoms with Crippen LogP contribution < -0.4 is 15.7 Å². The van der Waals surface area contributed by atoms with E-state index in [9.17, 15) is 0 Å². The van der Waals surface area contributed by atoms with Gasteiger partial charge in [0.2, 0.25) is 0 Å². The highest BCUT2D eigenvalue weighted by Gasteiger charge is 2.37. The number of furan rings is 1. The van der Waals surface area contributed by atoms with Crippen molar-refractivity contribution in [2.24, 2.45) is 0 Å². The Hall–Kier alpha value is -3.30. The largest absolute Gasteiger partial charge is 0.456 e. The maximum absolute atomic E-state index is 6.05. The van der Waals surface area contributed by atoms with Gasteiger partial charge in [-0.3, -0.25) is 0 Å². The molecular formula is C26H21NOSi. The highest BCUT2D eigenvalue weighted by molar-refractivity contribution is 7.03. The molecule has 2 nitrogen and oxygen atoms in total. The molecule has 1 aliphatic heterocycles. The Bertz CT molecular complexity index is 1410.